The van der Waals surface area contributed by atoms with E-state index < -0.39 is 0 Å². The van der Waals surface area contributed by atoms with Gasteiger partial charge in [0.1, 0.15) is 12.4 Å². The SMILES string of the molecule is C=O.CN(C)Cc1cccc(Cn2nc(C3CCC3)c3c4c(c(=O)[nH]c32)CCCC4)c1. The van der Waals surface area contributed by atoms with E-state index in [1.165, 1.54) is 53.5 Å². The van der Waals surface area contributed by atoms with E-state index in [2.05, 4.69) is 48.2 Å². The molecule has 1 aromatic carbocycles. The van der Waals surface area contributed by atoms with E-state index in [-0.39, 0.29) is 5.56 Å². The zero-order valence-corrected chi connectivity index (χ0v) is 18.6. The van der Waals surface area contributed by atoms with Gasteiger partial charge in [-0.1, -0.05) is 30.7 Å². The average molecular weight is 421 g/mol. The number of aryl methyl sites for hydroxylation is 1. The number of carbonyl (C=O) groups is 1. The highest BCUT2D eigenvalue weighted by atomic mass is 16.1. The van der Waals surface area contributed by atoms with Crippen LogP contribution in [0.25, 0.3) is 11.0 Å². The van der Waals surface area contributed by atoms with Crippen LogP contribution < -0.4 is 5.56 Å². The summed E-state index contributed by atoms with van der Waals surface area (Å²) in [5.74, 6) is 0.552. The van der Waals surface area contributed by atoms with E-state index in [0.29, 0.717) is 12.5 Å². The molecular formula is C25H32N4O2. The van der Waals surface area contributed by atoms with E-state index in [9.17, 15) is 4.79 Å². The standard InChI is InChI=1S/C24H30N4O.CH2O/c1-27(2)14-16-7-5-8-17(13-16)15-28-23-21(22(26-28)18-9-6-10-18)19-11-3-4-12-20(19)24(29)25-23;1-2/h5,7-8,13,18H,3-4,6,9-12,14-15H2,1-2H3,(H,25,29);1H2. The summed E-state index contributed by atoms with van der Waals surface area (Å²) in [7, 11) is 4.18. The Bertz CT molecular complexity index is 1120. The molecule has 31 heavy (non-hydrogen) atoms. The molecule has 0 amide bonds. The number of nitrogens with one attached hydrogen (secondary N) is 1. The Morgan fingerprint density at radius 2 is 1.81 bits per heavy atom. The Morgan fingerprint density at radius 3 is 2.48 bits per heavy atom. The van der Waals surface area contributed by atoms with Crippen LogP contribution in [0.1, 0.15) is 66.0 Å². The van der Waals surface area contributed by atoms with Crippen molar-refractivity contribution < 1.29 is 4.79 Å². The first-order chi connectivity index (χ1) is 15.1. The number of hydrogen-bond donors (Lipinski definition) is 1. The molecule has 0 aliphatic heterocycles. The molecule has 1 fully saturated rings. The Kier molecular flexibility index (Phi) is 6.37. The van der Waals surface area contributed by atoms with Crippen LogP contribution in [0.15, 0.2) is 29.1 Å². The topological polar surface area (TPSA) is 71.0 Å². The molecule has 2 aliphatic rings. The fourth-order valence-electron chi connectivity index (χ4n) is 4.97. The van der Waals surface area contributed by atoms with Gasteiger partial charge in [-0.2, -0.15) is 5.10 Å². The zero-order valence-electron chi connectivity index (χ0n) is 18.6. The number of carbonyl (C=O) groups excluding carboxylic acids is 1. The number of nitrogens with zero attached hydrogens (tertiary/aromatic N) is 3. The summed E-state index contributed by atoms with van der Waals surface area (Å²) in [6.45, 7) is 3.62. The van der Waals surface area contributed by atoms with Crippen molar-refractivity contribution in [2.75, 3.05) is 14.1 Å². The molecule has 5 rings (SSSR count). The summed E-state index contributed by atoms with van der Waals surface area (Å²) in [6, 6.07) is 8.71. The summed E-state index contributed by atoms with van der Waals surface area (Å²) in [5.41, 5.74) is 7.07. The summed E-state index contributed by atoms with van der Waals surface area (Å²) < 4.78 is 2.05. The largest absolute Gasteiger partial charge is 0.307 e. The Morgan fingerprint density at radius 1 is 1.10 bits per heavy atom. The average Bonchev–Trinajstić information content (AvgIpc) is 3.06. The van der Waals surface area contributed by atoms with Crippen molar-refractivity contribution in [3.8, 4) is 0 Å². The van der Waals surface area contributed by atoms with Crippen molar-refractivity contribution in [2.24, 2.45) is 0 Å². The van der Waals surface area contributed by atoms with Crippen molar-refractivity contribution in [3.63, 3.8) is 0 Å². The number of aromatic nitrogens is 3. The Hall–Kier alpha value is -2.73. The van der Waals surface area contributed by atoms with Crippen LogP contribution in [0.3, 0.4) is 0 Å². The second-order valence-electron chi connectivity index (χ2n) is 9.07. The van der Waals surface area contributed by atoms with Gasteiger partial charge in [0.15, 0.2) is 0 Å². The van der Waals surface area contributed by atoms with Gasteiger partial charge in [-0.3, -0.25) is 4.79 Å². The number of hydrogen-bond acceptors (Lipinski definition) is 4. The van der Waals surface area contributed by atoms with Crippen LogP contribution in [-0.2, 0) is 30.7 Å². The van der Waals surface area contributed by atoms with Crippen LogP contribution in [0.2, 0.25) is 0 Å². The molecular weight excluding hydrogens is 388 g/mol. The molecule has 0 radical (unpaired) electrons. The van der Waals surface area contributed by atoms with Gasteiger partial charge in [0.2, 0.25) is 0 Å². The predicted octanol–water partition coefficient (Wildman–Crippen LogP) is 3.80. The van der Waals surface area contributed by atoms with Crippen LogP contribution >= 0.6 is 0 Å². The molecule has 6 heteroatoms. The minimum Gasteiger partial charge on any atom is -0.307 e. The number of fused-ring (bicyclic) bond motifs is 3. The molecule has 3 aromatic rings. The number of H-pyrrole nitrogens is 1. The highest BCUT2D eigenvalue weighted by Gasteiger charge is 2.29. The van der Waals surface area contributed by atoms with E-state index in [0.717, 1.165) is 37.0 Å². The first-order valence-corrected chi connectivity index (χ1v) is 11.3. The molecule has 2 aliphatic carbocycles. The molecule has 0 unspecified atom stereocenters. The molecule has 0 saturated heterocycles. The number of rotatable bonds is 5. The van der Waals surface area contributed by atoms with E-state index in [4.69, 9.17) is 9.89 Å². The van der Waals surface area contributed by atoms with Gasteiger partial charge in [-0.15, -0.1) is 0 Å². The van der Waals surface area contributed by atoms with Gasteiger partial charge in [0.05, 0.1) is 12.2 Å². The quantitative estimate of drug-likeness (QED) is 0.682. The van der Waals surface area contributed by atoms with Gasteiger partial charge < -0.3 is 14.7 Å². The highest BCUT2D eigenvalue weighted by molar-refractivity contribution is 5.84. The normalized spacial score (nSPS) is 16.0. The monoisotopic (exact) mass is 420 g/mol. The van der Waals surface area contributed by atoms with Gasteiger partial charge in [0, 0.05) is 23.4 Å². The highest BCUT2D eigenvalue weighted by Crippen LogP contribution is 2.41. The van der Waals surface area contributed by atoms with Crippen LogP contribution in [0.5, 0.6) is 0 Å². The maximum Gasteiger partial charge on any atom is 0.253 e. The Balaban J connectivity index is 0.00000112. The second kappa shape index (κ2) is 9.18. The molecule has 0 bridgehead atoms. The lowest BCUT2D eigenvalue weighted by atomic mass is 9.80. The third kappa shape index (κ3) is 4.22. The second-order valence-corrected chi connectivity index (χ2v) is 9.07. The van der Waals surface area contributed by atoms with Crippen molar-refractivity contribution in [1.82, 2.24) is 19.7 Å². The lowest BCUT2D eigenvalue weighted by Crippen LogP contribution is -2.20. The zero-order chi connectivity index (χ0) is 22.0. The maximum atomic E-state index is 12.8. The van der Waals surface area contributed by atoms with E-state index >= 15 is 0 Å². The molecule has 2 heterocycles. The van der Waals surface area contributed by atoms with Crippen molar-refractivity contribution >= 4 is 17.8 Å². The van der Waals surface area contributed by atoms with Crippen molar-refractivity contribution in [3.05, 3.63) is 62.6 Å². The molecule has 0 spiro atoms. The van der Waals surface area contributed by atoms with Crippen LogP contribution in [-0.4, -0.2) is 40.5 Å². The predicted molar refractivity (Wildman–Crippen MR) is 124 cm³/mol. The summed E-state index contributed by atoms with van der Waals surface area (Å²) >= 11 is 0. The lowest BCUT2D eigenvalue weighted by Gasteiger charge is -2.25. The molecule has 1 saturated carbocycles. The molecule has 164 valence electrons. The maximum absolute atomic E-state index is 12.8. The van der Waals surface area contributed by atoms with Crippen molar-refractivity contribution in [2.45, 2.75) is 64.0 Å². The van der Waals surface area contributed by atoms with Crippen molar-refractivity contribution in [1.29, 1.82) is 0 Å². The number of benzene rings is 1. The van der Waals surface area contributed by atoms with Gasteiger partial charge in [-0.05, 0) is 69.3 Å². The minimum absolute atomic E-state index is 0.0925. The fourth-order valence-corrected chi connectivity index (χ4v) is 4.97. The van der Waals surface area contributed by atoms with E-state index in [1.807, 2.05) is 11.5 Å². The number of aromatic amines is 1. The summed E-state index contributed by atoms with van der Waals surface area (Å²) in [5, 5.41) is 6.34. The fraction of sp³-hybridized carbons (Fsp3) is 0.480. The van der Waals surface area contributed by atoms with Crippen LogP contribution in [0, 0.1) is 0 Å². The molecule has 0 atom stereocenters. The first kappa shape index (κ1) is 21.5. The third-order valence-corrected chi connectivity index (χ3v) is 6.57. The van der Waals surface area contributed by atoms with Crippen LogP contribution in [0.4, 0.5) is 0 Å². The minimum atomic E-state index is 0.0925. The summed E-state index contributed by atoms with van der Waals surface area (Å²) in [4.78, 5) is 26.2. The molecule has 6 nitrogen and oxygen atoms in total. The third-order valence-electron chi connectivity index (χ3n) is 6.57. The summed E-state index contributed by atoms with van der Waals surface area (Å²) in [6.07, 6.45) is 7.94. The molecule has 2 aromatic heterocycles. The lowest BCUT2D eigenvalue weighted by molar-refractivity contribution is -0.0979. The smallest absolute Gasteiger partial charge is 0.253 e. The van der Waals surface area contributed by atoms with E-state index in [1.54, 1.807) is 0 Å². The van der Waals surface area contributed by atoms with Gasteiger partial charge in [-0.25, -0.2) is 4.68 Å². The Labute approximate surface area is 183 Å². The van der Waals surface area contributed by atoms with Gasteiger partial charge in [0.25, 0.3) is 5.56 Å². The van der Waals surface area contributed by atoms with Gasteiger partial charge >= 0.3 is 0 Å². The first-order valence-electron chi connectivity index (χ1n) is 11.3. The molecule has 1 N–H and O–H groups in total. The number of pyridine rings is 1.